The van der Waals surface area contributed by atoms with Gasteiger partial charge in [0.05, 0.1) is 22.2 Å². The summed E-state index contributed by atoms with van der Waals surface area (Å²) in [5.41, 5.74) is 7.06. The van der Waals surface area contributed by atoms with Gasteiger partial charge in [-0.15, -0.1) is 0 Å². The Hall–Kier alpha value is -2.28. The molecule has 7 nitrogen and oxygen atoms in total. The van der Waals surface area contributed by atoms with Gasteiger partial charge in [-0.05, 0) is 25.3 Å². The maximum atomic E-state index is 10.8. The number of piperidine rings is 1. The van der Waals surface area contributed by atoms with E-state index in [9.17, 15) is 10.1 Å². The van der Waals surface area contributed by atoms with E-state index in [1.807, 2.05) is 0 Å². The van der Waals surface area contributed by atoms with Gasteiger partial charge < -0.3 is 10.6 Å². The number of nitro groups is 1. The minimum Gasteiger partial charge on any atom is -0.351 e. The first-order valence-electron chi connectivity index (χ1n) is 7.07. The van der Waals surface area contributed by atoms with Crippen molar-refractivity contribution in [1.29, 1.82) is 0 Å². The van der Waals surface area contributed by atoms with E-state index >= 15 is 0 Å². The summed E-state index contributed by atoms with van der Waals surface area (Å²) < 4.78 is 0. The largest absolute Gasteiger partial charge is 0.351 e. The summed E-state index contributed by atoms with van der Waals surface area (Å²) in [5, 5.41) is 10.8. The Balaban J connectivity index is 1.97. The van der Waals surface area contributed by atoms with Gasteiger partial charge in [-0.3, -0.25) is 15.1 Å². The summed E-state index contributed by atoms with van der Waals surface area (Å²) in [6, 6.07) is 4.84. The Bertz CT molecular complexity index is 675. The van der Waals surface area contributed by atoms with Crippen molar-refractivity contribution in [2.24, 2.45) is 5.73 Å². The predicted octanol–water partition coefficient (Wildman–Crippen LogP) is 1.86. The highest BCUT2D eigenvalue weighted by atomic mass is 16.6. The van der Waals surface area contributed by atoms with Gasteiger partial charge in [-0.25, -0.2) is 4.98 Å². The van der Waals surface area contributed by atoms with Crippen LogP contribution in [0.25, 0.3) is 11.0 Å². The predicted molar refractivity (Wildman–Crippen MR) is 80.2 cm³/mol. The molecule has 1 atom stereocenters. The van der Waals surface area contributed by atoms with Crippen molar-refractivity contribution < 1.29 is 4.92 Å². The number of rotatable bonds is 3. The van der Waals surface area contributed by atoms with Crippen LogP contribution in [0.15, 0.2) is 24.4 Å². The molecule has 0 aliphatic carbocycles. The lowest BCUT2D eigenvalue weighted by molar-refractivity contribution is -0.384. The third kappa shape index (κ3) is 2.64. The van der Waals surface area contributed by atoms with E-state index in [-0.39, 0.29) is 5.69 Å². The number of aromatic nitrogens is 2. The average Bonchev–Trinajstić information content (AvgIpc) is 2.53. The zero-order chi connectivity index (χ0) is 14.8. The van der Waals surface area contributed by atoms with Crippen molar-refractivity contribution in [3.05, 3.63) is 34.5 Å². The van der Waals surface area contributed by atoms with E-state index in [0.29, 0.717) is 23.6 Å². The van der Waals surface area contributed by atoms with Crippen molar-refractivity contribution >= 4 is 22.5 Å². The van der Waals surface area contributed by atoms with Gasteiger partial charge in [0.25, 0.3) is 5.69 Å². The highest BCUT2D eigenvalue weighted by Gasteiger charge is 2.22. The van der Waals surface area contributed by atoms with Crippen LogP contribution < -0.4 is 10.6 Å². The zero-order valence-corrected chi connectivity index (χ0v) is 11.6. The maximum Gasteiger partial charge on any atom is 0.271 e. The topological polar surface area (TPSA) is 98.2 Å². The van der Waals surface area contributed by atoms with E-state index in [4.69, 9.17) is 5.73 Å². The van der Waals surface area contributed by atoms with Crippen LogP contribution in [0.3, 0.4) is 0 Å². The van der Waals surface area contributed by atoms with Crippen molar-refractivity contribution in [2.45, 2.75) is 25.3 Å². The average molecular weight is 287 g/mol. The molecule has 2 N–H and O–H groups in total. The van der Waals surface area contributed by atoms with Gasteiger partial charge in [-0.2, -0.15) is 0 Å². The lowest BCUT2D eigenvalue weighted by Crippen LogP contribution is -2.44. The molecule has 2 heterocycles. The van der Waals surface area contributed by atoms with Gasteiger partial charge in [0.1, 0.15) is 5.82 Å². The molecule has 0 unspecified atom stereocenters. The maximum absolute atomic E-state index is 10.8. The first-order valence-corrected chi connectivity index (χ1v) is 7.07. The number of nitrogens with two attached hydrogens (primary N) is 1. The number of hydrogen-bond donors (Lipinski definition) is 1. The van der Waals surface area contributed by atoms with Crippen molar-refractivity contribution in [3.63, 3.8) is 0 Å². The molecule has 7 heteroatoms. The van der Waals surface area contributed by atoms with Gasteiger partial charge in [-0.1, -0.05) is 0 Å². The number of hydrogen-bond acceptors (Lipinski definition) is 6. The second-order valence-corrected chi connectivity index (χ2v) is 5.24. The molecule has 3 rings (SSSR count). The minimum atomic E-state index is -0.426. The fourth-order valence-corrected chi connectivity index (χ4v) is 2.79. The van der Waals surface area contributed by atoms with E-state index in [2.05, 4.69) is 14.9 Å². The lowest BCUT2D eigenvalue weighted by atomic mass is 10.0. The second-order valence-electron chi connectivity index (χ2n) is 5.24. The number of non-ortho nitro benzene ring substituents is 1. The molecule has 21 heavy (non-hydrogen) atoms. The number of nitro benzene ring substituents is 1. The molecule has 110 valence electrons. The Morgan fingerprint density at radius 1 is 1.38 bits per heavy atom. The first-order chi connectivity index (χ1) is 10.2. The fraction of sp³-hybridized carbons (Fsp3) is 0.429. The number of anilines is 1. The van der Waals surface area contributed by atoms with E-state index in [0.717, 1.165) is 25.2 Å². The standard InChI is InChI=1S/C14H17N5O2/c15-8-11-3-1-2-6-18(11)14-9-16-13-7-10(19(20)21)4-5-12(13)17-14/h4-5,7,9,11H,1-3,6,8,15H2/t11-/m1/s1. The summed E-state index contributed by atoms with van der Waals surface area (Å²) in [7, 11) is 0. The molecule has 0 saturated carbocycles. The van der Waals surface area contributed by atoms with Crippen LogP contribution in [0.1, 0.15) is 19.3 Å². The van der Waals surface area contributed by atoms with Crippen LogP contribution in [0, 0.1) is 10.1 Å². The van der Waals surface area contributed by atoms with E-state index < -0.39 is 4.92 Å². The monoisotopic (exact) mass is 287 g/mol. The molecule has 0 amide bonds. The Kier molecular flexibility index (Phi) is 3.66. The van der Waals surface area contributed by atoms with Crippen LogP contribution in [0.5, 0.6) is 0 Å². The summed E-state index contributed by atoms with van der Waals surface area (Å²) in [6.45, 7) is 1.52. The van der Waals surface area contributed by atoms with E-state index in [1.54, 1.807) is 12.3 Å². The van der Waals surface area contributed by atoms with Gasteiger partial charge in [0, 0.05) is 31.3 Å². The van der Waals surface area contributed by atoms with Crippen molar-refractivity contribution in [3.8, 4) is 0 Å². The van der Waals surface area contributed by atoms with Gasteiger partial charge >= 0.3 is 0 Å². The number of benzene rings is 1. The quantitative estimate of drug-likeness (QED) is 0.683. The Labute approximate surface area is 121 Å². The Morgan fingerprint density at radius 3 is 3.00 bits per heavy atom. The van der Waals surface area contributed by atoms with Crippen LogP contribution in [-0.4, -0.2) is 34.0 Å². The lowest BCUT2D eigenvalue weighted by Gasteiger charge is -2.35. The summed E-state index contributed by atoms with van der Waals surface area (Å²) in [4.78, 5) is 21.4. The van der Waals surface area contributed by atoms with Crippen molar-refractivity contribution in [2.75, 3.05) is 18.0 Å². The van der Waals surface area contributed by atoms with Crippen molar-refractivity contribution in [1.82, 2.24) is 9.97 Å². The molecular weight excluding hydrogens is 270 g/mol. The van der Waals surface area contributed by atoms with Crippen LogP contribution in [0.2, 0.25) is 0 Å². The SMILES string of the molecule is NC[C@H]1CCCCN1c1cnc2cc([N+](=O)[O-])ccc2n1. The van der Waals surface area contributed by atoms with Crippen LogP contribution >= 0.6 is 0 Å². The molecule has 0 spiro atoms. The minimum absolute atomic E-state index is 0.0300. The third-order valence-electron chi connectivity index (χ3n) is 3.92. The number of fused-ring (bicyclic) bond motifs is 1. The smallest absolute Gasteiger partial charge is 0.271 e. The summed E-state index contributed by atoms with van der Waals surface area (Å²) >= 11 is 0. The molecule has 1 aliphatic rings. The molecule has 1 fully saturated rings. The molecule has 1 aromatic carbocycles. The first kappa shape index (κ1) is 13.7. The van der Waals surface area contributed by atoms with Gasteiger partial charge in [0.15, 0.2) is 0 Å². The molecule has 1 aromatic heterocycles. The highest BCUT2D eigenvalue weighted by Crippen LogP contribution is 2.25. The highest BCUT2D eigenvalue weighted by molar-refractivity contribution is 5.78. The van der Waals surface area contributed by atoms with Gasteiger partial charge in [0.2, 0.25) is 0 Å². The second kappa shape index (κ2) is 5.61. The number of nitrogens with zero attached hydrogens (tertiary/aromatic N) is 4. The third-order valence-corrected chi connectivity index (χ3v) is 3.92. The molecule has 1 saturated heterocycles. The summed E-state index contributed by atoms with van der Waals surface area (Å²) in [6.07, 6.45) is 5.05. The zero-order valence-electron chi connectivity index (χ0n) is 11.6. The van der Waals surface area contributed by atoms with E-state index in [1.165, 1.54) is 18.6 Å². The summed E-state index contributed by atoms with van der Waals surface area (Å²) in [5.74, 6) is 0.798. The van der Waals surface area contributed by atoms with Crippen LogP contribution in [-0.2, 0) is 0 Å². The molecular formula is C14H17N5O2. The molecule has 1 aliphatic heterocycles. The normalized spacial score (nSPS) is 18.9. The molecule has 0 bridgehead atoms. The molecule has 0 radical (unpaired) electrons. The fourth-order valence-electron chi connectivity index (χ4n) is 2.79. The Morgan fingerprint density at radius 2 is 2.24 bits per heavy atom. The van der Waals surface area contributed by atoms with Crippen LogP contribution in [0.4, 0.5) is 11.5 Å². The molecule has 2 aromatic rings.